The van der Waals surface area contributed by atoms with Crippen molar-refractivity contribution < 1.29 is 32.5 Å². The number of alkyl halides is 3. The molecular weight excluding hydrogens is 269 g/mol. The fraction of sp³-hybridized carbons (Fsp3) is 0.400. The molecule has 19 heavy (non-hydrogen) atoms. The molecule has 0 aliphatic heterocycles. The van der Waals surface area contributed by atoms with Crippen LogP contribution in [-0.4, -0.2) is 29.0 Å². The normalized spacial score (nSPS) is 11.2. The van der Waals surface area contributed by atoms with E-state index in [9.17, 15) is 23.1 Å². The minimum Gasteiger partial charge on any atom is -0.506 e. The topological polar surface area (TPSA) is 94.7 Å². The lowest BCUT2D eigenvalue weighted by Gasteiger charge is -2.13. The number of nitrogens with two attached hydrogens (primary N) is 1. The van der Waals surface area contributed by atoms with Crippen LogP contribution in [0.25, 0.3) is 0 Å². The van der Waals surface area contributed by atoms with Gasteiger partial charge in [-0.15, -0.1) is 13.2 Å². The molecule has 0 fully saturated rings. The van der Waals surface area contributed by atoms with E-state index in [4.69, 9.17) is 5.73 Å². The number of hydrogen-bond acceptors (Lipinski definition) is 6. The van der Waals surface area contributed by atoms with E-state index in [0.29, 0.717) is 6.07 Å². The maximum Gasteiger partial charge on any atom is 0.573 e. The number of nitrogens with zero attached hydrogens (tertiary/aromatic N) is 1. The minimum absolute atomic E-state index is 0.0508. The third-order valence-corrected chi connectivity index (χ3v) is 1.93. The summed E-state index contributed by atoms with van der Waals surface area (Å²) in [4.78, 5) is 15.0. The van der Waals surface area contributed by atoms with Crippen LogP contribution in [0.2, 0.25) is 0 Å². The Hall–Kier alpha value is -2.03. The van der Waals surface area contributed by atoms with Gasteiger partial charge in [0.2, 0.25) is 0 Å². The predicted molar refractivity (Wildman–Crippen MR) is 56.4 cm³/mol. The summed E-state index contributed by atoms with van der Waals surface area (Å²) in [7, 11) is 0. The molecule has 0 unspecified atom stereocenters. The van der Waals surface area contributed by atoms with Crippen LogP contribution < -0.4 is 10.5 Å². The standard InChI is InChI=1S/C10H11F3N2O4/c1-2-18-9(17)8-7(19-10(11,12)13)3-6(16)5(4-14)15-8/h3,16H,2,4,14H2,1H3. The minimum atomic E-state index is -5.03. The quantitative estimate of drug-likeness (QED) is 0.808. The lowest BCUT2D eigenvalue weighted by molar-refractivity contribution is -0.274. The van der Waals surface area contributed by atoms with Gasteiger partial charge in [0.1, 0.15) is 5.75 Å². The summed E-state index contributed by atoms with van der Waals surface area (Å²) in [5.41, 5.74) is 4.40. The fourth-order valence-corrected chi connectivity index (χ4v) is 1.22. The first-order valence-electron chi connectivity index (χ1n) is 5.14. The van der Waals surface area contributed by atoms with Crippen molar-refractivity contribution in [3.63, 3.8) is 0 Å². The molecule has 0 bridgehead atoms. The molecule has 0 saturated heterocycles. The molecule has 0 saturated carbocycles. The highest BCUT2D eigenvalue weighted by Gasteiger charge is 2.34. The zero-order valence-electron chi connectivity index (χ0n) is 9.82. The molecule has 0 aliphatic rings. The Kier molecular flexibility index (Phi) is 4.54. The Morgan fingerprint density at radius 3 is 2.63 bits per heavy atom. The van der Waals surface area contributed by atoms with Crippen LogP contribution in [0, 0.1) is 0 Å². The molecule has 9 heteroatoms. The summed E-state index contributed by atoms with van der Waals surface area (Å²) in [6.07, 6.45) is -5.03. The molecule has 1 aromatic rings. The summed E-state index contributed by atoms with van der Waals surface area (Å²) in [6.45, 7) is 1.17. The lowest BCUT2D eigenvalue weighted by Crippen LogP contribution is -2.21. The third-order valence-electron chi connectivity index (χ3n) is 1.93. The number of carbonyl (C=O) groups is 1. The maximum absolute atomic E-state index is 12.2. The van der Waals surface area contributed by atoms with Crippen LogP contribution in [0.1, 0.15) is 23.1 Å². The van der Waals surface area contributed by atoms with Crippen LogP contribution in [0.5, 0.6) is 11.5 Å². The van der Waals surface area contributed by atoms with Crippen molar-refractivity contribution in [2.75, 3.05) is 6.61 Å². The number of carbonyl (C=O) groups excluding carboxylic acids is 1. The number of rotatable bonds is 4. The Labute approximate surface area is 105 Å². The number of ether oxygens (including phenoxy) is 2. The fourth-order valence-electron chi connectivity index (χ4n) is 1.22. The molecule has 0 aromatic carbocycles. The van der Waals surface area contributed by atoms with Crippen molar-refractivity contribution in [3.05, 3.63) is 17.5 Å². The number of esters is 1. The molecule has 1 rings (SSSR count). The second-order valence-electron chi connectivity index (χ2n) is 3.27. The number of hydrogen-bond donors (Lipinski definition) is 2. The van der Waals surface area contributed by atoms with Gasteiger partial charge >= 0.3 is 12.3 Å². The van der Waals surface area contributed by atoms with Gasteiger partial charge < -0.3 is 20.3 Å². The average molecular weight is 280 g/mol. The Balaban J connectivity index is 3.26. The largest absolute Gasteiger partial charge is 0.573 e. The summed E-state index contributed by atoms with van der Waals surface area (Å²) in [6, 6.07) is 0.620. The molecule has 1 heterocycles. The first-order valence-corrected chi connectivity index (χ1v) is 5.14. The molecule has 3 N–H and O–H groups in total. The van der Waals surface area contributed by atoms with E-state index in [0.717, 1.165) is 0 Å². The van der Waals surface area contributed by atoms with E-state index >= 15 is 0 Å². The molecule has 6 nitrogen and oxygen atoms in total. The van der Waals surface area contributed by atoms with Gasteiger partial charge in [-0.1, -0.05) is 0 Å². The molecule has 1 aromatic heterocycles. The second kappa shape index (κ2) is 5.74. The van der Waals surface area contributed by atoms with Gasteiger partial charge in [0.25, 0.3) is 0 Å². The van der Waals surface area contributed by atoms with E-state index in [-0.39, 0.29) is 18.8 Å². The van der Waals surface area contributed by atoms with Crippen molar-refractivity contribution in [1.82, 2.24) is 4.98 Å². The van der Waals surface area contributed by atoms with Crippen LogP contribution in [0.4, 0.5) is 13.2 Å². The van der Waals surface area contributed by atoms with Gasteiger partial charge in [0.05, 0.1) is 12.3 Å². The summed E-state index contributed by atoms with van der Waals surface area (Å²) in [5, 5.41) is 9.38. The van der Waals surface area contributed by atoms with Crippen molar-refractivity contribution in [3.8, 4) is 11.5 Å². The maximum atomic E-state index is 12.2. The highest BCUT2D eigenvalue weighted by molar-refractivity contribution is 5.90. The van der Waals surface area contributed by atoms with Gasteiger partial charge in [-0.3, -0.25) is 0 Å². The Bertz CT molecular complexity index is 477. The molecular formula is C10H11F3N2O4. The highest BCUT2D eigenvalue weighted by Crippen LogP contribution is 2.30. The van der Waals surface area contributed by atoms with Gasteiger partial charge in [-0.25, -0.2) is 9.78 Å². The summed E-state index contributed by atoms with van der Waals surface area (Å²) in [5.74, 6) is -2.65. The summed E-state index contributed by atoms with van der Waals surface area (Å²) >= 11 is 0. The van der Waals surface area contributed by atoms with Crippen LogP contribution in [0.15, 0.2) is 6.07 Å². The SMILES string of the molecule is CCOC(=O)c1nc(CN)c(O)cc1OC(F)(F)F. The van der Waals surface area contributed by atoms with E-state index in [2.05, 4.69) is 14.5 Å². The molecule has 0 spiro atoms. The van der Waals surface area contributed by atoms with Gasteiger partial charge in [0, 0.05) is 12.6 Å². The molecule has 0 radical (unpaired) electrons. The van der Waals surface area contributed by atoms with Crippen LogP contribution in [-0.2, 0) is 11.3 Å². The second-order valence-corrected chi connectivity index (χ2v) is 3.27. The van der Waals surface area contributed by atoms with Crippen LogP contribution in [0.3, 0.4) is 0 Å². The highest BCUT2D eigenvalue weighted by atomic mass is 19.4. The molecule has 0 atom stereocenters. The average Bonchev–Trinajstić information content (AvgIpc) is 2.27. The zero-order chi connectivity index (χ0) is 14.6. The van der Waals surface area contributed by atoms with E-state index in [1.165, 1.54) is 6.92 Å². The summed E-state index contributed by atoms with van der Waals surface area (Å²) < 4.78 is 44.7. The smallest absolute Gasteiger partial charge is 0.506 e. The van der Waals surface area contributed by atoms with Crippen molar-refractivity contribution in [1.29, 1.82) is 0 Å². The molecule has 0 aliphatic carbocycles. The third kappa shape index (κ3) is 3.98. The first kappa shape index (κ1) is 15.0. The number of pyridine rings is 1. The van der Waals surface area contributed by atoms with E-state index in [1.54, 1.807) is 0 Å². The van der Waals surface area contributed by atoms with Gasteiger partial charge in [0.15, 0.2) is 11.4 Å². The lowest BCUT2D eigenvalue weighted by atomic mass is 10.2. The molecule has 0 amide bonds. The van der Waals surface area contributed by atoms with Gasteiger partial charge in [-0.05, 0) is 6.92 Å². The van der Waals surface area contributed by atoms with E-state index < -0.39 is 29.5 Å². The number of aromatic hydroxyl groups is 1. The number of halogens is 3. The Morgan fingerprint density at radius 2 is 2.16 bits per heavy atom. The van der Waals surface area contributed by atoms with Crippen molar-refractivity contribution >= 4 is 5.97 Å². The van der Waals surface area contributed by atoms with Crippen molar-refractivity contribution in [2.24, 2.45) is 5.73 Å². The van der Waals surface area contributed by atoms with Gasteiger partial charge in [-0.2, -0.15) is 0 Å². The monoisotopic (exact) mass is 280 g/mol. The number of aromatic nitrogens is 1. The van der Waals surface area contributed by atoms with E-state index in [1.807, 2.05) is 0 Å². The zero-order valence-corrected chi connectivity index (χ0v) is 9.82. The van der Waals surface area contributed by atoms with Crippen molar-refractivity contribution in [2.45, 2.75) is 19.8 Å². The first-order chi connectivity index (χ1) is 8.78. The van der Waals surface area contributed by atoms with Crippen LogP contribution >= 0.6 is 0 Å². The Morgan fingerprint density at radius 1 is 1.53 bits per heavy atom. The predicted octanol–water partition coefficient (Wildman–Crippen LogP) is 1.32. The molecule has 106 valence electrons.